The van der Waals surface area contributed by atoms with Crippen LogP contribution in [0.1, 0.15) is 25.0 Å². The van der Waals surface area contributed by atoms with E-state index in [1.165, 1.54) is 16.7 Å². The van der Waals surface area contributed by atoms with Crippen LogP contribution in [0.15, 0.2) is 36.4 Å². The van der Waals surface area contributed by atoms with Gasteiger partial charge in [-0.1, -0.05) is 32.0 Å². The summed E-state index contributed by atoms with van der Waals surface area (Å²) in [5.74, 6) is 0.575. The van der Waals surface area contributed by atoms with E-state index in [0.29, 0.717) is 5.82 Å². The van der Waals surface area contributed by atoms with E-state index < -0.39 is 0 Å². The van der Waals surface area contributed by atoms with Gasteiger partial charge >= 0.3 is 0 Å². The molecule has 2 aromatic rings. The largest absolute Gasteiger partial charge is 0.384 e. The molecule has 0 radical (unpaired) electrons. The molecule has 1 aromatic heterocycles. The van der Waals surface area contributed by atoms with Gasteiger partial charge in [-0.3, -0.25) is 0 Å². The van der Waals surface area contributed by atoms with Gasteiger partial charge in [-0.2, -0.15) is 0 Å². The zero-order chi connectivity index (χ0) is 12.3. The number of pyridine rings is 1. The summed E-state index contributed by atoms with van der Waals surface area (Å²) < 4.78 is 0. The third-order valence-corrected chi connectivity index (χ3v) is 3.01. The Morgan fingerprint density at radius 3 is 2.53 bits per heavy atom. The summed E-state index contributed by atoms with van der Waals surface area (Å²) in [4.78, 5) is 4.41. The first-order valence-electron chi connectivity index (χ1n) is 6.09. The highest BCUT2D eigenvalue weighted by Crippen LogP contribution is 2.24. The molecule has 0 saturated carbocycles. The molecule has 0 saturated heterocycles. The Hall–Kier alpha value is -1.83. The Labute approximate surface area is 103 Å². The maximum absolute atomic E-state index is 5.75. The molecule has 2 N–H and O–H groups in total. The number of aryl methyl sites for hydroxylation is 2. The minimum Gasteiger partial charge on any atom is -0.384 e. The van der Waals surface area contributed by atoms with Crippen LogP contribution in [0.3, 0.4) is 0 Å². The van der Waals surface area contributed by atoms with Crippen LogP contribution in [0.2, 0.25) is 0 Å². The highest BCUT2D eigenvalue weighted by molar-refractivity contribution is 5.66. The second-order valence-electron chi connectivity index (χ2n) is 4.15. The van der Waals surface area contributed by atoms with Crippen molar-refractivity contribution in [3.05, 3.63) is 47.5 Å². The molecule has 2 nitrogen and oxygen atoms in total. The number of hydrogen-bond donors (Lipinski definition) is 1. The summed E-state index contributed by atoms with van der Waals surface area (Å²) in [6, 6.07) is 12.4. The van der Waals surface area contributed by atoms with Gasteiger partial charge in [0.05, 0.1) is 5.69 Å². The number of aromatic nitrogens is 1. The van der Waals surface area contributed by atoms with Crippen molar-refractivity contribution in [1.82, 2.24) is 4.98 Å². The van der Waals surface area contributed by atoms with Gasteiger partial charge in [-0.05, 0) is 42.2 Å². The van der Waals surface area contributed by atoms with E-state index in [0.717, 1.165) is 18.5 Å². The van der Waals surface area contributed by atoms with Crippen molar-refractivity contribution in [1.29, 1.82) is 0 Å². The average molecular weight is 226 g/mol. The normalized spacial score (nSPS) is 10.5. The molecule has 0 amide bonds. The molecular weight excluding hydrogens is 208 g/mol. The molecule has 0 unspecified atom stereocenters. The van der Waals surface area contributed by atoms with Gasteiger partial charge in [0.2, 0.25) is 0 Å². The van der Waals surface area contributed by atoms with Gasteiger partial charge in [-0.15, -0.1) is 0 Å². The van der Waals surface area contributed by atoms with Crippen molar-refractivity contribution >= 4 is 5.82 Å². The van der Waals surface area contributed by atoms with Gasteiger partial charge in [0.15, 0.2) is 0 Å². The minimum absolute atomic E-state index is 0.575. The summed E-state index contributed by atoms with van der Waals surface area (Å²) in [5.41, 5.74) is 10.6. The Balaban J connectivity index is 2.56. The van der Waals surface area contributed by atoms with Crippen molar-refractivity contribution in [3.8, 4) is 11.3 Å². The number of nitrogen functional groups attached to an aromatic ring is 1. The van der Waals surface area contributed by atoms with Crippen LogP contribution in [0.5, 0.6) is 0 Å². The SMILES string of the molecule is CCc1ccc(CC)c(-c2cccc(N)n2)c1. The molecule has 0 aliphatic rings. The lowest BCUT2D eigenvalue weighted by molar-refractivity contribution is 1.10. The summed E-state index contributed by atoms with van der Waals surface area (Å²) in [7, 11) is 0. The second kappa shape index (κ2) is 5.00. The van der Waals surface area contributed by atoms with E-state index in [9.17, 15) is 0 Å². The van der Waals surface area contributed by atoms with Crippen molar-refractivity contribution in [2.24, 2.45) is 0 Å². The van der Waals surface area contributed by atoms with Crippen LogP contribution < -0.4 is 5.73 Å². The molecule has 0 atom stereocenters. The van der Waals surface area contributed by atoms with Crippen molar-refractivity contribution in [2.75, 3.05) is 5.73 Å². The molecular formula is C15H18N2. The first-order chi connectivity index (χ1) is 8.24. The predicted molar refractivity (Wildman–Crippen MR) is 72.8 cm³/mol. The Morgan fingerprint density at radius 2 is 1.88 bits per heavy atom. The minimum atomic E-state index is 0.575. The smallest absolute Gasteiger partial charge is 0.124 e. The molecule has 1 heterocycles. The fourth-order valence-electron chi connectivity index (χ4n) is 1.99. The first-order valence-corrected chi connectivity index (χ1v) is 6.09. The number of nitrogens with two attached hydrogens (primary N) is 1. The Bertz CT molecular complexity index is 518. The van der Waals surface area contributed by atoms with Gasteiger partial charge in [0.1, 0.15) is 5.82 Å². The lowest BCUT2D eigenvalue weighted by atomic mass is 9.98. The molecule has 17 heavy (non-hydrogen) atoms. The fraction of sp³-hybridized carbons (Fsp3) is 0.267. The van der Waals surface area contributed by atoms with E-state index in [1.54, 1.807) is 0 Å². The molecule has 0 aliphatic carbocycles. The predicted octanol–water partition coefficient (Wildman–Crippen LogP) is 3.46. The van der Waals surface area contributed by atoms with E-state index >= 15 is 0 Å². The highest BCUT2D eigenvalue weighted by Gasteiger charge is 2.06. The van der Waals surface area contributed by atoms with Crippen molar-refractivity contribution in [2.45, 2.75) is 26.7 Å². The van der Waals surface area contributed by atoms with E-state index in [1.807, 2.05) is 18.2 Å². The molecule has 1 aromatic carbocycles. The topological polar surface area (TPSA) is 38.9 Å². The van der Waals surface area contributed by atoms with Crippen LogP contribution in [0.4, 0.5) is 5.82 Å². The van der Waals surface area contributed by atoms with Crippen LogP contribution in [-0.2, 0) is 12.8 Å². The van der Waals surface area contributed by atoms with Crippen molar-refractivity contribution in [3.63, 3.8) is 0 Å². The molecule has 88 valence electrons. The first kappa shape index (κ1) is 11.6. The zero-order valence-electron chi connectivity index (χ0n) is 10.4. The molecule has 0 bridgehead atoms. The molecule has 0 aliphatic heterocycles. The number of anilines is 1. The summed E-state index contributed by atoms with van der Waals surface area (Å²) in [6.07, 6.45) is 2.05. The van der Waals surface area contributed by atoms with Crippen molar-refractivity contribution < 1.29 is 0 Å². The molecule has 2 heteroatoms. The third-order valence-electron chi connectivity index (χ3n) is 3.01. The number of rotatable bonds is 3. The number of benzene rings is 1. The molecule has 0 spiro atoms. The van der Waals surface area contributed by atoms with Crippen LogP contribution in [-0.4, -0.2) is 4.98 Å². The van der Waals surface area contributed by atoms with Gasteiger partial charge < -0.3 is 5.73 Å². The maximum Gasteiger partial charge on any atom is 0.124 e. The number of hydrogen-bond acceptors (Lipinski definition) is 2. The van der Waals surface area contributed by atoms with Crippen LogP contribution in [0.25, 0.3) is 11.3 Å². The second-order valence-corrected chi connectivity index (χ2v) is 4.15. The van der Waals surface area contributed by atoms with Gasteiger partial charge in [0, 0.05) is 5.56 Å². The lowest BCUT2D eigenvalue weighted by Gasteiger charge is -2.10. The third kappa shape index (κ3) is 2.47. The monoisotopic (exact) mass is 226 g/mol. The summed E-state index contributed by atoms with van der Waals surface area (Å²) in [6.45, 7) is 4.33. The molecule has 0 fully saturated rings. The van der Waals surface area contributed by atoms with Crippen LogP contribution in [0, 0.1) is 0 Å². The van der Waals surface area contributed by atoms with E-state index in [2.05, 4.69) is 37.0 Å². The Morgan fingerprint density at radius 1 is 1.06 bits per heavy atom. The highest BCUT2D eigenvalue weighted by atomic mass is 14.8. The number of nitrogens with zero attached hydrogens (tertiary/aromatic N) is 1. The van der Waals surface area contributed by atoms with E-state index in [-0.39, 0.29) is 0 Å². The Kier molecular flexibility index (Phi) is 3.43. The molecule has 2 rings (SSSR count). The summed E-state index contributed by atoms with van der Waals surface area (Å²) in [5, 5.41) is 0. The quantitative estimate of drug-likeness (QED) is 0.870. The average Bonchev–Trinajstić information content (AvgIpc) is 2.38. The van der Waals surface area contributed by atoms with E-state index in [4.69, 9.17) is 5.73 Å². The lowest BCUT2D eigenvalue weighted by Crippen LogP contribution is -1.95. The zero-order valence-corrected chi connectivity index (χ0v) is 10.4. The van der Waals surface area contributed by atoms with Gasteiger partial charge in [0.25, 0.3) is 0 Å². The van der Waals surface area contributed by atoms with Gasteiger partial charge in [-0.25, -0.2) is 4.98 Å². The summed E-state index contributed by atoms with van der Waals surface area (Å²) >= 11 is 0. The van der Waals surface area contributed by atoms with Crippen LogP contribution >= 0.6 is 0 Å². The maximum atomic E-state index is 5.75. The fourth-order valence-corrected chi connectivity index (χ4v) is 1.99. The standard InChI is InChI=1S/C15H18N2/c1-3-11-8-9-12(4-2)13(10-11)14-6-5-7-15(16)17-14/h5-10H,3-4H2,1-2H3,(H2,16,17).